The van der Waals surface area contributed by atoms with Crippen LogP contribution in [0.1, 0.15) is 11.1 Å². The van der Waals surface area contributed by atoms with Gasteiger partial charge in [-0.25, -0.2) is 0 Å². The van der Waals surface area contributed by atoms with Crippen LogP contribution in [0, 0.1) is 24.0 Å². The highest BCUT2D eigenvalue weighted by Crippen LogP contribution is 2.25. The number of carbonyl (C=O) groups is 2. The van der Waals surface area contributed by atoms with E-state index >= 15 is 0 Å². The van der Waals surface area contributed by atoms with E-state index in [-0.39, 0.29) is 18.0 Å². The van der Waals surface area contributed by atoms with Gasteiger partial charge in [-0.15, -0.1) is 0 Å². The fourth-order valence-corrected chi connectivity index (χ4v) is 2.28. The molecular formula is C18H20N4O5. The standard InChI is InChI=1S/C18H20N4O5/c1-12-7-8-14(13(2)9-12)19-10-17(23)20-21-18(24)11-27-16-6-4-3-5-15(16)22(25)26/h3-9,19H,10-11H2,1-2H3,(H,20,23)(H,21,24). The third-order valence-corrected chi connectivity index (χ3v) is 3.58. The van der Waals surface area contributed by atoms with Crippen LogP contribution < -0.4 is 20.9 Å². The Balaban J connectivity index is 1.75. The van der Waals surface area contributed by atoms with Gasteiger partial charge in [0.25, 0.3) is 11.8 Å². The van der Waals surface area contributed by atoms with Crippen molar-refractivity contribution in [3.05, 3.63) is 63.7 Å². The fraction of sp³-hybridized carbons (Fsp3) is 0.222. The van der Waals surface area contributed by atoms with E-state index in [4.69, 9.17) is 4.74 Å². The van der Waals surface area contributed by atoms with Crippen molar-refractivity contribution in [3.63, 3.8) is 0 Å². The van der Waals surface area contributed by atoms with Crippen LogP contribution in [-0.2, 0) is 9.59 Å². The number of benzene rings is 2. The van der Waals surface area contributed by atoms with Crippen molar-refractivity contribution in [1.29, 1.82) is 0 Å². The number of anilines is 1. The number of ether oxygens (including phenoxy) is 1. The van der Waals surface area contributed by atoms with Gasteiger partial charge in [0.1, 0.15) is 0 Å². The first kappa shape index (κ1) is 19.7. The van der Waals surface area contributed by atoms with Crippen LogP contribution in [0.4, 0.5) is 11.4 Å². The second kappa shape index (κ2) is 9.18. The molecule has 2 aromatic rings. The van der Waals surface area contributed by atoms with E-state index in [0.717, 1.165) is 16.8 Å². The number of rotatable bonds is 7. The number of nitrogens with zero attached hydrogens (tertiary/aromatic N) is 1. The highest BCUT2D eigenvalue weighted by atomic mass is 16.6. The molecule has 0 fully saturated rings. The Kier molecular flexibility index (Phi) is 6.70. The van der Waals surface area contributed by atoms with E-state index in [2.05, 4.69) is 16.2 Å². The Morgan fingerprint density at radius 3 is 2.48 bits per heavy atom. The number of hydrogen-bond acceptors (Lipinski definition) is 6. The highest BCUT2D eigenvalue weighted by Gasteiger charge is 2.15. The largest absolute Gasteiger partial charge is 0.477 e. The molecule has 9 heteroatoms. The van der Waals surface area contributed by atoms with Crippen molar-refractivity contribution in [1.82, 2.24) is 10.9 Å². The molecule has 9 nitrogen and oxygen atoms in total. The Labute approximate surface area is 155 Å². The van der Waals surface area contributed by atoms with Gasteiger partial charge in [-0.2, -0.15) is 0 Å². The summed E-state index contributed by atoms with van der Waals surface area (Å²) in [7, 11) is 0. The number of nitro benzene ring substituents is 1. The van der Waals surface area contributed by atoms with Crippen LogP contribution in [-0.4, -0.2) is 29.9 Å². The number of amides is 2. The molecule has 3 N–H and O–H groups in total. The Morgan fingerprint density at radius 2 is 1.78 bits per heavy atom. The van der Waals surface area contributed by atoms with Crippen molar-refractivity contribution < 1.29 is 19.2 Å². The summed E-state index contributed by atoms with van der Waals surface area (Å²) < 4.78 is 5.13. The van der Waals surface area contributed by atoms with Crippen molar-refractivity contribution in [3.8, 4) is 5.75 Å². The summed E-state index contributed by atoms with van der Waals surface area (Å²) in [6, 6.07) is 11.5. The molecule has 0 aliphatic carbocycles. The quantitative estimate of drug-likeness (QED) is 0.503. The smallest absolute Gasteiger partial charge is 0.310 e. The molecule has 0 heterocycles. The third-order valence-electron chi connectivity index (χ3n) is 3.58. The first-order valence-electron chi connectivity index (χ1n) is 8.12. The average molecular weight is 372 g/mol. The van der Waals surface area contributed by atoms with E-state index < -0.39 is 23.3 Å². The maximum absolute atomic E-state index is 11.8. The van der Waals surface area contributed by atoms with Gasteiger partial charge in [0.05, 0.1) is 11.5 Å². The lowest BCUT2D eigenvalue weighted by Crippen LogP contribution is -2.46. The minimum Gasteiger partial charge on any atom is -0.477 e. The zero-order valence-corrected chi connectivity index (χ0v) is 14.9. The molecule has 2 rings (SSSR count). The molecule has 0 aliphatic heterocycles. The molecule has 0 saturated carbocycles. The van der Waals surface area contributed by atoms with E-state index in [1.807, 2.05) is 32.0 Å². The van der Waals surface area contributed by atoms with E-state index in [1.165, 1.54) is 18.2 Å². The molecule has 0 unspecified atom stereocenters. The first-order valence-corrected chi connectivity index (χ1v) is 8.12. The predicted molar refractivity (Wildman–Crippen MR) is 99.3 cm³/mol. The zero-order valence-electron chi connectivity index (χ0n) is 14.9. The molecule has 0 aliphatic rings. The molecular weight excluding hydrogens is 352 g/mol. The van der Waals surface area contributed by atoms with E-state index in [0.29, 0.717) is 0 Å². The van der Waals surface area contributed by atoms with Gasteiger partial charge < -0.3 is 10.1 Å². The van der Waals surface area contributed by atoms with Crippen LogP contribution in [0.2, 0.25) is 0 Å². The summed E-state index contributed by atoms with van der Waals surface area (Å²) in [5.74, 6) is -1.12. The Morgan fingerprint density at radius 1 is 1.07 bits per heavy atom. The monoisotopic (exact) mass is 372 g/mol. The topological polar surface area (TPSA) is 123 Å². The van der Waals surface area contributed by atoms with Crippen molar-refractivity contribution in [2.24, 2.45) is 0 Å². The number of para-hydroxylation sites is 2. The third kappa shape index (κ3) is 5.99. The van der Waals surface area contributed by atoms with Gasteiger partial charge in [-0.1, -0.05) is 29.8 Å². The van der Waals surface area contributed by atoms with Crippen LogP contribution in [0.25, 0.3) is 0 Å². The van der Waals surface area contributed by atoms with Crippen LogP contribution in [0.3, 0.4) is 0 Å². The summed E-state index contributed by atoms with van der Waals surface area (Å²) in [5.41, 5.74) is 7.13. The number of nitro groups is 1. The fourth-order valence-electron chi connectivity index (χ4n) is 2.28. The normalized spacial score (nSPS) is 10.0. The van der Waals surface area contributed by atoms with Gasteiger partial charge in [0.2, 0.25) is 0 Å². The number of carbonyl (C=O) groups excluding carboxylic acids is 2. The maximum atomic E-state index is 11.8. The Hall–Kier alpha value is -3.62. The SMILES string of the molecule is Cc1ccc(NCC(=O)NNC(=O)COc2ccccc2[N+](=O)[O-])c(C)c1. The summed E-state index contributed by atoms with van der Waals surface area (Å²) >= 11 is 0. The molecule has 142 valence electrons. The summed E-state index contributed by atoms with van der Waals surface area (Å²) in [6.45, 7) is 3.39. The molecule has 0 spiro atoms. The van der Waals surface area contributed by atoms with E-state index in [9.17, 15) is 19.7 Å². The first-order chi connectivity index (χ1) is 12.9. The lowest BCUT2D eigenvalue weighted by molar-refractivity contribution is -0.385. The van der Waals surface area contributed by atoms with Crippen molar-refractivity contribution in [2.45, 2.75) is 13.8 Å². The van der Waals surface area contributed by atoms with Crippen LogP contribution >= 0.6 is 0 Å². The summed E-state index contributed by atoms with van der Waals surface area (Å²) in [6.07, 6.45) is 0. The van der Waals surface area contributed by atoms with Crippen LogP contribution in [0.5, 0.6) is 5.75 Å². The zero-order chi connectivity index (χ0) is 19.8. The molecule has 0 radical (unpaired) electrons. The van der Waals surface area contributed by atoms with Gasteiger partial charge >= 0.3 is 5.69 Å². The van der Waals surface area contributed by atoms with E-state index in [1.54, 1.807) is 6.07 Å². The molecule has 2 amide bonds. The lowest BCUT2D eigenvalue weighted by Gasteiger charge is -2.11. The summed E-state index contributed by atoms with van der Waals surface area (Å²) in [4.78, 5) is 33.8. The number of hydrazine groups is 1. The van der Waals surface area contributed by atoms with Crippen molar-refractivity contribution in [2.75, 3.05) is 18.5 Å². The molecule has 27 heavy (non-hydrogen) atoms. The molecule has 2 aromatic carbocycles. The maximum Gasteiger partial charge on any atom is 0.310 e. The number of hydrogen-bond donors (Lipinski definition) is 3. The minimum atomic E-state index is -0.645. The summed E-state index contributed by atoms with van der Waals surface area (Å²) in [5, 5.41) is 13.8. The van der Waals surface area contributed by atoms with Crippen LogP contribution in [0.15, 0.2) is 42.5 Å². The average Bonchev–Trinajstić information content (AvgIpc) is 2.64. The number of nitrogens with one attached hydrogen (secondary N) is 3. The molecule has 0 saturated heterocycles. The second-order valence-corrected chi connectivity index (χ2v) is 5.78. The molecule has 0 aromatic heterocycles. The molecule has 0 atom stereocenters. The molecule has 0 bridgehead atoms. The van der Waals surface area contributed by atoms with Gasteiger partial charge in [0, 0.05) is 11.8 Å². The Bertz CT molecular complexity index is 853. The lowest BCUT2D eigenvalue weighted by atomic mass is 10.1. The highest BCUT2D eigenvalue weighted by molar-refractivity contribution is 5.85. The van der Waals surface area contributed by atoms with Gasteiger partial charge in [-0.05, 0) is 31.5 Å². The minimum absolute atomic E-state index is 0.0273. The second-order valence-electron chi connectivity index (χ2n) is 5.78. The van der Waals surface area contributed by atoms with Gasteiger partial charge in [-0.3, -0.25) is 30.6 Å². The van der Waals surface area contributed by atoms with Crippen molar-refractivity contribution >= 4 is 23.2 Å². The predicted octanol–water partition coefficient (Wildman–Crippen LogP) is 1.85. The van der Waals surface area contributed by atoms with Gasteiger partial charge in [0.15, 0.2) is 12.4 Å². The number of aryl methyl sites for hydroxylation is 2.